The molecule has 0 bridgehead atoms. The number of fused-ring (bicyclic) bond motifs is 1. The third-order valence-corrected chi connectivity index (χ3v) is 6.14. The SMILES string of the molecule is COc1cc(OC)cc(-c2nn(-c3cc(NCCNC(C)=O)ccc3C(F)(F)F)c(=O)c3c2CCC3)c1. The summed E-state index contributed by atoms with van der Waals surface area (Å²) >= 11 is 0. The predicted molar refractivity (Wildman–Crippen MR) is 133 cm³/mol. The summed E-state index contributed by atoms with van der Waals surface area (Å²) in [5, 5.41) is 10.1. The van der Waals surface area contributed by atoms with Crippen LogP contribution in [0.4, 0.5) is 18.9 Å². The van der Waals surface area contributed by atoms with E-state index in [1.807, 2.05) is 0 Å². The van der Waals surface area contributed by atoms with Gasteiger partial charge in [-0.1, -0.05) is 0 Å². The van der Waals surface area contributed by atoms with Crippen LogP contribution in [-0.4, -0.2) is 43.0 Å². The number of nitrogens with one attached hydrogen (secondary N) is 2. The minimum Gasteiger partial charge on any atom is -0.497 e. The summed E-state index contributed by atoms with van der Waals surface area (Å²) in [6.45, 7) is 1.94. The van der Waals surface area contributed by atoms with Gasteiger partial charge in [0.15, 0.2) is 0 Å². The Morgan fingerprint density at radius 3 is 2.32 bits per heavy atom. The van der Waals surface area contributed by atoms with Gasteiger partial charge in [0.25, 0.3) is 5.56 Å². The molecule has 1 heterocycles. The van der Waals surface area contributed by atoms with Gasteiger partial charge in [-0.15, -0.1) is 0 Å². The number of halogens is 3. The lowest BCUT2D eigenvalue weighted by molar-refractivity contribution is -0.137. The van der Waals surface area contributed by atoms with Gasteiger partial charge in [0, 0.05) is 42.9 Å². The molecule has 3 aromatic rings. The highest BCUT2D eigenvalue weighted by molar-refractivity contribution is 5.73. The Morgan fingerprint density at radius 2 is 1.70 bits per heavy atom. The second-order valence-corrected chi connectivity index (χ2v) is 8.62. The van der Waals surface area contributed by atoms with E-state index in [0.717, 1.165) is 16.3 Å². The topological polar surface area (TPSA) is 94.5 Å². The van der Waals surface area contributed by atoms with Crippen molar-refractivity contribution in [1.82, 2.24) is 15.1 Å². The molecule has 4 rings (SSSR count). The van der Waals surface area contributed by atoms with E-state index in [-0.39, 0.29) is 24.7 Å². The van der Waals surface area contributed by atoms with Crippen LogP contribution >= 0.6 is 0 Å². The largest absolute Gasteiger partial charge is 0.497 e. The van der Waals surface area contributed by atoms with Crippen LogP contribution < -0.4 is 25.7 Å². The first-order chi connectivity index (χ1) is 17.6. The fourth-order valence-corrected chi connectivity index (χ4v) is 4.42. The van der Waals surface area contributed by atoms with Gasteiger partial charge in [0.2, 0.25) is 5.91 Å². The molecule has 1 aliphatic carbocycles. The number of carbonyl (C=O) groups excluding carboxylic acids is 1. The van der Waals surface area contributed by atoms with Crippen molar-refractivity contribution in [2.75, 3.05) is 32.6 Å². The molecular formula is C26H27F3N4O4. The Kier molecular flexibility index (Phi) is 7.42. The van der Waals surface area contributed by atoms with E-state index in [1.165, 1.54) is 33.3 Å². The average molecular weight is 517 g/mol. The Bertz CT molecular complexity index is 1360. The van der Waals surface area contributed by atoms with E-state index >= 15 is 0 Å². The van der Waals surface area contributed by atoms with Gasteiger partial charge in [-0.05, 0) is 55.2 Å². The molecule has 196 valence electrons. The maximum Gasteiger partial charge on any atom is 0.418 e. The Hall–Kier alpha value is -4.02. The van der Waals surface area contributed by atoms with Crippen molar-refractivity contribution in [2.24, 2.45) is 0 Å². The van der Waals surface area contributed by atoms with Crippen LogP contribution in [0.5, 0.6) is 11.5 Å². The van der Waals surface area contributed by atoms with Crippen molar-refractivity contribution < 1.29 is 27.4 Å². The lowest BCUT2D eigenvalue weighted by atomic mass is 10.0. The number of methoxy groups -OCH3 is 2. The number of amides is 1. The number of alkyl halides is 3. The van der Waals surface area contributed by atoms with Gasteiger partial charge in [-0.25, -0.2) is 0 Å². The quantitative estimate of drug-likeness (QED) is 0.440. The van der Waals surface area contributed by atoms with Crippen LogP contribution in [0, 0.1) is 0 Å². The molecular weight excluding hydrogens is 489 g/mol. The number of carbonyl (C=O) groups is 1. The molecule has 0 saturated heterocycles. The first-order valence-electron chi connectivity index (χ1n) is 11.7. The smallest absolute Gasteiger partial charge is 0.418 e. The van der Waals surface area contributed by atoms with Gasteiger partial charge >= 0.3 is 6.18 Å². The van der Waals surface area contributed by atoms with Gasteiger partial charge in [-0.3, -0.25) is 9.59 Å². The summed E-state index contributed by atoms with van der Waals surface area (Å²) in [6, 6.07) is 8.56. The highest BCUT2D eigenvalue weighted by atomic mass is 19.4. The second-order valence-electron chi connectivity index (χ2n) is 8.62. The summed E-state index contributed by atoms with van der Waals surface area (Å²) in [7, 11) is 2.99. The van der Waals surface area contributed by atoms with Crippen LogP contribution in [0.1, 0.15) is 30.0 Å². The maximum atomic E-state index is 14.0. The summed E-state index contributed by atoms with van der Waals surface area (Å²) in [4.78, 5) is 24.5. The zero-order valence-corrected chi connectivity index (χ0v) is 20.7. The van der Waals surface area contributed by atoms with E-state index in [1.54, 1.807) is 18.2 Å². The van der Waals surface area contributed by atoms with Crippen LogP contribution in [0.25, 0.3) is 16.9 Å². The molecule has 0 fully saturated rings. The van der Waals surface area contributed by atoms with Crippen molar-refractivity contribution in [1.29, 1.82) is 0 Å². The zero-order valence-electron chi connectivity index (χ0n) is 20.7. The molecule has 2 aromatic carbocycles. The van der Waals surface area contributed by atoms with Crippen molar-refractivity contribution >= 4 is 11.6 Å². The fourth-order valence-electron chi connectivity index (χ4n) is 4.42. The summed E-state index contributed by atoms with van der Waals surface area (Å²) in [5.74, 6) is 0.759. The molecule has 0 saturated carbocycles. The van der Waals surface area contributed by atoms with Crippen molar-refractivity contribution in [3.05, 3.63) is 63.4 Å². The second kappa shape index (κ2) is 10.5. The lowest BCUT2D eigenvalue weighted by Gasteiger charge is -2.19. The number of anilines is 1. The molecule has 0 unspecified atom stereocenters. The van der Waals surface area contributed by atoms with Crippen LogP contribution in [-0.2, 0) is 23.8 Å². The molecule has 1 aliphatic rings. The van der Waals surface area contributed by atoms with E-state index < -0.39 is 17.3 Å². The van der Waals surface area contributed by atoms with Crippen LogP contribution in [0.2, 0.25) is 0 Å². The van der Waals surface area contributed by atoms with E-state index in [0.29, 0.717) is 53.3 Å². The first-order valence-corrected chi connectivity index (χ1v) is 11.7. The van der Waals surface area contributed by atoms with Crippen LogP contribution in [0.3, 0.4) is 0 Å². The van der Waals surface area contributed by atoms with Gasteiger partial charge in [0.1, 0.15) is 11.5 Å². The minimum atomic E-state index is -4.72. The molecule has 0 aliphatic heterocycles. The Labute approximate surface area is 211 Å². The third kappa shape index (κ3) is 5.55. The lowest BCUT2D eigenvalue weighted by Crippen LogP contribution is -2.28. The van der Waals surface area contributed by atoms with Crippen molar-refractivity contribution in [2.45, 2.75) is 32.4 Å². The molecule has 1 aromatic heterocycles. The minimum absolute atomic E-state index is 0.217. The number of hydrogen-bond acceptors (Lipinski definition) is 6. The molecule has 37 heavy (non-hydrogen) atoms. The van der Waals surface area contributed by atoms with Crippen LogP contribution in [0.15, 0.2) is 41.2 Å². The number of benzene rings is 2. The Balaban J connectivity index is 1.88. The summed E-state index contributed by atoms with van der Waals surface area (Å²) in [6.07, 6.45) is -2.99. The van der Waals surface area contributed by atoms with Gasteiger partial charge in [0.05, 0.1) is 31.2 Å². The highest BCUT2D eigenvalue weighted by Gasteiger charge is 2.35. The van der Waals surface area contributed by atoms with E-state index in [4.69, 9.17) is 9.47 Å². The highest BCUT2D eigenvalue weighted by Crippen LogP contribution is 2.37. The van der Waals surface area contributed by atoms with E-state index in [2.05, 4.69) is 15.7 Å². The normalized spacial score (nSPS) is 12.7. The number of ether oxygens (including phenoxy) is 2. The number of aromatic nitrogens is 2. The molecule has 11 heteroatoms. The summed E-state index contributed by atoms with van der Waals surface area (Å²) < 4.78 is 53.7. The summed E-state index contributed by atoms with van der Waals surface area (Å²) in [5.41, 5.74) is 0.551. The van der Waals surface area contributed by atoms with Gasteiger partial charge in [-0.2, -0.15) is 23.0 Å². The standard InChI is InChI=1S/C26H27F3N4O4/c1-15(34)30-9-10-31-17-7-8-22(26(27,28)29)23(13-17)33-25(35)21-6-4-5-20(21)24(32-33)16-11-18(36-2)14-19(12-16)37-3/h7-8,11-14,31H,4-6,9-10H2,1-3H3,(H,30,34). The molecule has 0 atom stereocenters. The maximum absolute atomic E-state index is 14.0. The predicted octanol–water partition coefficient (Wildman–Crippen LogP) is 3.97. The third-order valence-electron chi connectivity index (χ3n) is 6.14. The number of nitrogens with zero attached hydrogens (tertiary/aromatic N) is 2. The van der Waals surface area contributed by atoms with Crippen molar-refractivity contribution in [3.8, 4) is 28.4 Å². The first kappa shape index (κ1) is 26.1. The molecule has 8 nitrogen and oxygen atoms in total. The zero-order chi connectivity index (χ0) is 26.7. The molecule has 0 spiro atoms. The molecule has 2 N–H and O–H groups in total. The average Bonchev–Trinajstić information content (AvgIpc) is 3.36. The van der Waals surface area contributed by atoms with E-state index in [9.17, 15) is 22.8 Å². The molecule has 1 amide bonds. The van der Waals surface area contributed by atoms with Crippen molar-refractivity contribution in [3.63, 3.8) is 0 Å². The van der Waals surface area contributed by atoms with Gasteiger partial charge < -0.3 is 20.1 Å². The number of rotatable bonds is 8. The number of hydrogen-bond donors (Lipinski definition) is 2. The Morgan fingerprint density at radius 1 is 1.03 bits per heavy atom. The fraction of sp³-hybridized carbons (Fsp3) is 0.346. The molecule has 0 radical (unpaired) electrons. The monoisotopic (exact) mass is 516 g/mol.